The average Bonchev–Trinajstić information content (AvgIpc) is 2.85. The smallest absolute Gasteiger partial charge is 0.262 e. The number of anilines is 1. The van der Waals surface area contributed by atoms with Crippen molar-refractivity contribution in [1.29, 1.82) is 0 Å². The van der Waals surface area contributed by atoms with Crippen molar-refractivity contribution >= 4 is 23.4 Å². The second-order valence-corrected chi connectivity index (χ2v) is 7.49. The molecule has 1 aliphatic rings. The van der Waals surface area contributed by atoms with Crippen LogP contribution < -0.4 is 5.32 Å². The number of carbonyl (C=O) groups excluding carboxylic acids is 3. The van der Waals surface area contributed by atoms with Gasteiger partial charge in [-0.1, -0.05) is 51.1 Å². The maximum absolute atomic E-state index is 12.8. The van der Waals surface area contributed by atoms with Crippen molar-refractivity contribution in [3.05, 3.63) is 65.2 Å². The van der Waals surface area contributed by atoms with Crippen LogP contribution in [0, 0.1) is 0 Å². The second-order valence-electron chi connectivity index (χ2n) is 7.49. The molecule has 0 spiro atoms. The Kier molecular flexibility index (Phi) is 4.40. The predicted molar refractivity (Wildman–Crippen MR) is 100 cm³/mol. The Morgan fingerprint density at radius 3 is 1.96 bits per heavy atom. The van der Waals surface area contributed by atoms with Crippen LogP contribution in [0.1, 0.15) is 54.0 Å². The predicted octanol–water partition coefficient (Wildman–Crippen LogP) is 3.61. The van der Waals surface area contributed by atoms with E-state index in [1.54, 1.807) is 31.2 Å². The topological polar surface area (TPSA) is 66.5 Å². The van der Waals surface area contributed by atoms with Gasteiger partial charge in [-0.05, 0) is 36.1 Å². The van der Waals surface area contributed by atoms with Crippen molar-refractivity contribution in [2.75, 3.05) is 5.32 Å². The molecule has 134 valence electrons. The van der Waals surface area contributed by atoms with E-state index >= 15 is 0 Å². The summed E-state index contributed by atoms with van der Waals surface area (Å²) in [4.78, 5) is 38.9. The molecule has 0 fully saturated rings. The van der Waals surface area contributed by atoms with E-state index in [4.69, 9.17) is 0 Å². The van der Waals surface area contributed by atoms with Gasteiger partial charge < -0.3 is 5.32 Å². The van der Waals surface area contributed by atoms with Gasteiger partial charge in [-0.25, -0.2) is 0 Å². The van der Waals surface area contributed by atoms with Crippen LogP contribution in [0.25, 0.3) is 0 Å². The molecule has 1 heterocycles. The quantitative estimate of drug-likeness (QED) is 0.860. The third-order valence-corrected chi connectivity index (χ3v) is 4.59. The summed E-state index contributed by atoms with van der Waals surface area (Å²) in [6.45, 7) is 7.75. The van der Waals surface area contributed by atoms with Crippen molar-refractivity contribution in [1.82, 2.24) is 4.90 Å². The molecule has 0 saturated carbocycles. The van der Waals surface area contributed by atoms with E-state index in [0.29, 0.717) is 16.8 Å². The van der Waals surface area contributed by atoms with E-state index in [1.807, 2.05) is 24.3 Å². The average molecular weight is 350 g/mol. The largest absolute Gasteiger partial charge is 0.324 e. The maximum Gasteiger partial charge on any atom is 0.262 e. The highest BCUT2D eigenvalue weighted by Gasteiger charge is 2.40. The number of nitrogens with one attached hydrogen (secondary N) is 1. The molecule has 0 bridgehead atoms. The first-order valence-corrected chi connectivity index (χ1v) is 8.59. The first kappa shape index (κ1) is 17.9. The zero-order valence-corrected chi connectivity index (χ0v) is 15.4. The number of amides is 3. The summed E-state index contributed by atoms with van der Waals surface area (Å²) in [6.07, 6.45) is 0. The van der Waals surface area contributed by atoms with Crippen molar-refractivity contribution in [3.8, 4) is 0 Å². The molecule has 0 aliphatic carbocycles. The molecule has 5 heteroatoms. The van der Waals surface area contributed by atoms with E-state index < -0.39 is 23.8 Å². The third-order valence-electron chi connectivity index (χ3n) is 4.59. The van der Waals surface area contributed by atoms with Crippen LogP contribution >= 0.6 is 0 Å². The minimum atomic E-state index is -0.907. The lowest BCUT2D eigenvalue weighted by Gasteiger charge is -2.25. The number of hydrogen-bond acceptors (Lipinski definition) is 3. The number of rotatable bonds is 3. The van der Waals surface area contributed by atoms with Crippen LogP contribution in [0.5, 0.6) is 0 Å². The normalized spacial score (nSPS) is 15.0. The number of carbonyl (C=O) groups is 3. The molecule has 0 saturated heterocycles. The van der Waals surface area contributed by atoms with Gasteiger partial charge in [0.05, 0.1) is 11.1 Å². The van der Waals surface area contributed by atoms with Crippen LogP contribution in [0.2, 0.25) is 0 Å². The Labute approximate surface area is 153 Å². The van der Waals surface area contributed by atoms with Gasteiger partial charge in [0.2, 0.25) is 5.91 Å². The fourth-order valence-electron chi connectivity index (χ4n) is 3.16. The van der Waals surface area contributed by atoms with E-state index in [2.05, 4.69) is 26.1 Å². The summed E-state index contributed by atoms with van der Waals surface area (Å²) in [7, 11) is 0. The first-order valence-electron chi connectivity index (χ1n) is 8.59. The van der Waals surface area contributed by atoms with Crippen molar-refractivity contribution in [2.24, 2.45) is 0 Å². The Morgan fingerprint density at radius 1 is 0.923 bits per heavy atom. The van der Waals surface area contributed by atoms with Gasteiger partial charge in [0, 0.05) is 5.69 Å². The van der Waals surface area contributed by atoms with Gasteiger partial charge in [-0.15, -0.1) is 0 Å². The molecule has 3 amide bonds. The molecule has 2 aromatic rings. The van der Waals surface area contributed by atoms with Crippen LogP contribution in [0.15, 0.2) is 48.5 Å². The summed E-state index contributed by atoms with van der Waals surface area (Å²) < 4.78 is 0. The van der Waals surface area contributed by atoms with Crippen LogP contribution in [-0.2, 0) is 10.2 Å². The number of para-hydroxylation sites is 1. The molecule has 0 radical (unpaired) electrons. The number of benzene rings is 2. The fourth-order valence-corrected chi connectivity index (χ4v) is 3.16. The summed E-state index contributed by atoms with van der Waals surface area (Å²) in [5, 5.41) is 2.88. The highest BCUT2D eigenvalue weighted by Crippen LogP contribution is 2.30. The lowest BCUT2D eigenvalue weighted by Crippen LogP contribution is -2.45. The molecule has 26 heavy (non-hydrogen) atoms. The SMILES string of the molecule is C[C@@H](C(=O)Nc1ccccc1C(C)(C)C)N1C(=O)c2ccccc2C1=O. The Balaban J connectivity index is 1.85. The fraction of sp³-hybridized carbons (Fsp3) is 0.286. The van der Waals surface area contributed by atoms with Crippen LogP contribution in [-0.4, -0.2) is 28.7 Å². The molecule has 0 unspecified atom stereocenters. The van der Waals surface area contributed by atoms with Gasteiger partial charge in [0.25, 0.3) is 11.8 Å². The highest BCUT2D eigenvalue weighted by molar-refractivity contribution is 6.23. The van der Waals surface area contributed by atoms with Crippen LogP contribution in [0.3, 0.4) is 0 Å². The maximum atomic E-state index is 12.8. The van der Waals surface area contributed by atoms with Gasteiger partial charge in [-0.3, -0.25) is 19.3 Å². The molecule has 1 aliphatic heterocycles. The Bertz CT molecular complexity index is 861. The molecule has 0 aromatic heterocycles. The van der Waals surface area contributed by atoms with E-state index in [0.717, 1.165) is 10.5 Å². The van der Waals surface area contributed by atoms with E-state index in [1.165, 1.54) is 0 Å². The zero-order valence-electron chi connectivity index (χ0n) is 15.4. The van der Waals surface area contributed by atoms with Gasteiger partial charge in [-0.2, -0.15) is 0 Å². The summed E-state index contributed by atoms with van der Waals surface area (Å²) >= 11 is 0. The molecule has 5 nitrogen and oxygen atoms in total. The first-order chi connectivity index (χ1) is 12.2. The minimum Gasteiger partial charge on any atom is -0.324 e. The summed E-state index contributed by atoms with van der Waals surface area (Å²) in [5.41, 5.74) is 2.21. The molecule has 2 aromatic carbocycles. The van der Waals surface area contributed by atoms with Gasteiger partial charge in [0.15, 0.2) is 0 Å². The molecule has 1 N–H and O–H groups in total. The van der Waals surface area contributed by atoms with Gasteiger partial charge >= 0.3 is 0 Å². The molecular weight excluding hydrogens is 328 g/mol. The second kappa shape index (κ2) is 6.41. The van der Waals surface area contributed by atoms with E-state index in [9.17, 15) is 14.4 Å². The van der Waals surface area contributed by atoms with Crippen molar-refractivity contribution < 1.29 is 14.4 Å². The number of hydrogen-bond donors (Lipinski definition) is 1. The number of imide groups is 1. The highest BCUT2D eigenvalue weighted by atomic mass is 16.2. The summed E-state index contributed by atoms with van der Waals surface area (Å²) in [6, 6.07) is 13.3. The molecule has 1 atom stereocenters. The van der Waals surface area contributed by atoms with Gasteiger partial charge in [0.1, 0.15) is 6.04 Å². The Morgan fingerprint density at radius 2 is 1.42 bits per heavy atom. The van der Waals surface area contributed by atoms with Crippen molar-refractivity contribution in [2.45, 2.75) is 39.2 Å². The standard InChI is InChI=1S/C21H22N2O3/c1-13(23-19(25)14-9-5-6-10-15(14)20(23)26)18(24)22-17-12-8-7-11-16(17)21(2,3)4/h5-13H,1-4H3,(H,22,24)/t13-/m0/s1. The van der Waals surface area contributed by atoms with Crippen molar-refractivity contribution in [3.63, 3.8) is 0 Å². The minimum absolute atomic E-state index is 0.150. The molecule has 3 rings (SSSR count). The number of fused-ring (bicyclic) bond motifs is 1. The lowest BCUT2D eigenvalue weighted by molar-refractivity contribution is -0.119. The monoisotopic (exact) mass is 350 g/mol. The Hall–Kier alpha value is -2.95. The zero-order chi connectivity index (χ0) is 19.1. The molecular formula is C21H22N2O3. The third kappa shape index (κ3) is 3.01. The summed E-state index contributed by atoms with van der Waals surface area (Å²) in [5.74, 6) is -1.26. The van der Waals surface area contributed by atoms with E-state index in [-0.39, 0.29) is 5.41 Å². The number of nitrogens with zero attached hydrogens (tertiary/aromatic N) is 1. The lowest BCUT2D eigenvalue weighted by atomic mass is 9.86. The van der Waals surface area contributed by atoms with Crippen LogP contribution in [0.4, 0.5) is 5.69 Å².